The van der Waals surface area contributed by atoms with Crippen molar-refractivity contribution in [2.24, 2.45) is 5.10 Å². The molecule has 2 N–H and O–H groups in total. The summed E-state index contributed by atoms with van der Waals surface area (Å²) in [4.78, 5) is 22.3. The van der Waals surface area contributed by atoms with E-state index in [1.54, 1.807) is 24.3 Å². The third-order valence-corrected chi connectivity index (χ3v) is 3.74. The Morgan fingerprint density at radius 2 is 1.57 bits per heavy atom. The molecule has 0 spiro atoms. The summed E-state index contributed by atoms with van der Waals surface area (Å²) in [5, 5.41) is 14.6. The smallest absolute Gasteiger partial charge is 0.341 e. The highest BCUT2D eigenvalue weighted by molar-refractivity contribution is 5.84. The number of nitrogens with zero attached hydrogens (tertiary/aromatic N) is 1. The number of carboxylic acid groups (broad SMARTS) is 1. The number of hydrazone groups is 1. The van der Waals surface area contributed by atoms with E-state index in [1.807, 2.05) is 42.5 Å². The number of nitrogens with one attached hydrogen (secondary N) is 1. The van der Waals surface area contributed by atoms with Crippen LogP contribution in [0.5, 0.6) is 11.5 Å². The van der Waals surface area contributed by atoms with Gasteiger partial charge >= 0.3 is 5.97 Å². The SMILES string of the molecule is O=C(O)COc1ccc(/C=N/NC(=O)COc2ccc3ccccc3c2)cc1. The number of fused-ring (bicyclic) bond motifs is 1. The molecule has 0 aliphatic carbocycles. The second-order valence-corrected chi connectivity index (χ2v) is 5.84. The standard InChI is InChI=1S/C21H18N2O5/c24-20(13-27-19-10-7-16-3-1-2-4-17(16)11-19)23-22-12-15-5-8-18(9-6-15)28-14-21(25)26/h1-12H,13-14H2,(H,23,24)(H,25,26)/b22-12+. The van der Waals surface area contributed by atoms with Crippen molar-refractivity contribution in [1.29, 1.82) is 0 Å². The Morgan fingerprint density at radius 3 is 2.32 bits per heavy atom. The molecular weight excluding hydrogens is 360 g/mol. The summed E-state index contributed by atoms with van der Waals surface area (Å²) in [5.41, 5.74) is 3.11. The monoisotopic (exact) mass is 378 g/mol. The van der Waals surface area contributed by atoms with Gasteiger partial charge in [0.05, 0.1) is 6.21 Å². The van der Waals surface area contributed by atoms with E-state index in [0.717, 1.165) is 16.3 Å². The van der Waals surface area contributed by atoms with Gasteiger partial charge in [-0.3, -0.25) is 4.79 Å². The van der Waals surface area contributed by atoms with Crippen LogP contribution < -0.4 is 14.9 Å². The Kier molecular flexibility index (Phi) is 6.20. The molecule has 0 aliphatic heterocycles. The first-order valence-corrected chi connectivity index (χ1v) is 8.48. The molecule has 0 bridgehead atoms. The minimum Gasteiger partial charge on any atom is -0.484 e. The quantitative estimate of drug-likeness (QED) is 0.464. The summed E-state index contributed by atoms with van der Waals surface area (Å²) in [5.74, 6) is -0.382. The second-order valence-electron chi connectivity index (χ2n) is 5.84. The number of amides is 1. The highest BCUT2D eigenvalue weighted by Gasteiger charge is 2.03. The number of hydrogen-bond donors (Lipinski definition) is 2. The molecule has 142 valence electrons. The Hall–Kier alpha value is -3.87. The van der Waals surface area contributed by atoms with Gasteiger partial charge in [-0.2, -0.15) is 5.10 Å². The van der Waals surface area contributed by atoms with Crippen LogP contribution in [0.2, 0.25) is 0 Å². The van der Waals surface area contributed by atoms with E-state index >= 15 is 0 Å². The maximum absolute atomic E-state index is 11.8. The molecule has 3 aromatic carbocycles. The van der Waals surface area contributed by atoms with Crippen molar-refractivity contribution in [2.45, 2.75) is 0 Å². The van der Waals surface area contributed by atoms with Crippen molar-refractivity contribution in [1.82, 2.24) is 5.43 Å². The number of hydrogen-bond acceptors (Lipinski definition) is 5. The number of carbonyl (C=O) groups excluding carboxylic acids is 1. The van der Waals surface area contributed by atoms with Crippen LogP contribution in [0.25, 0.3) is 10.8 Å². The van der Waals surface area contributed by atoms with Gasteiger partial charge in [-0.05, 0) is 52.7 Å². The van der Waals surface area contributed by atoms with E-state index < -0.39 is 12.6 Å². The molecule has 7 heteroatoms. The van der Waals surface area contributed by atoms with Crippen LogP contribution in [0.1, 0.15) is 5.56 Å². The zero-order valence-electron chi connectivity index (χ0n) is 14.9. The fourth-order valence-corrected chi connectivity index (χ4v) is 2.41. The molecule has 3 aromatic rings. The van der Waals surface area contributed by atoms with Crippen molar-refractivity contribution in [3.63, 3.8) is 0 Å². The maximum atomic E-state index is 11.8. The first-order valence-electron chi connectivity index (χ1n) is 8.48. The largest absolute Gasteiger partial charge is 0.484 e. The van der Waals surface area contributed by atoms with Crippen LogP contribution >= 0.6 is 0 Å². The summed E-state index contributed by atoms with van der Waals surface area (Å²) in [7, 11) is 0. The Bertz CT molecular complexity index is 999. The van der Waals surface area contributed by atoms with Crippen LogP contribution in [0.3, 0.4) is 0 Å². The second kappa shape index (κ2) is 9.18. The van der Waals surface area contributed by atoms with Gasteiger partial charge in [0.15, 0.2) is 13.2 Å². The summed E-state index contributed by atoms with van der Waals surface area (Å²) in [6, 6.07) is 20.1. The first-order chi connectivity index (χ1) is 13.6. The van der Waals surface area contributed by atoms with Gasteiger partial charge in [0.25, 0.3) is 5.91 Å². The molecular formula is C21H18N2O5. The molecule has 7 nitrogen and oxygen atoms in total. The number of aliphatic carboxylic acids is 1. The number of benzene rings is 3. The summed E-state index contributed by atoms with van der Waals surface area (Å²) in [6.07, 6.45) is 1.47. The summed E-state index contributed by atoms with van der Waals surface area (Å²) in [6.45, 7) is -0.557. The number of carbonyl (C=O) groups is 2. The van der Waals surface area contributed by atoms with Gasteiger partial charge in [-0.1, -0.05) is 30.3 Å². The Balaban J connectivity index is 1.46. The van der Waals surface area contributed by atoms with Crippen molar-refractivity contribution in [2.75, 3.05) is 13.2 Å². The molecule has 0 unspecified atom stereocenters. The van der Waals surface area contributed by atoms with Gasteiger partial charge < -0.3 is 14.6 Å². The van der Waals surface area contributed by atoms with Crippen LogP contribution in [0.4, 0.5) is 0 Å². The fraction of sp³-hybridized carbons (Fsp3) is 0.0952. The average Bonchev–Trinajstić information content (AvgIpc) is 2.71. The molecule has 1 amide bonds. The molecule has 0 heterocycles. The minimum absolute atomic E-state index is 0.155. The normalized spacial score (nSPS) is 10.7. The van der Waals surface area contributed by atoms with Gasteiger partial charge in [-0.25, -0.2) is 10.2 Å². The number of ether oxygens (including phenoxy) is 2. The van der Waals surface area contributed by atoms with Crippen LogP contribution in [0.15, 0.2) is 71.8 Å². The maximum Gasteiger partial charge on any atom is 0.341 e. The number of carboxylic acids is 1. The third-order valence-electron chi connectivity index (χ3n) is 3.74. The lowest BCUT2D eigenvalue weighted by Crippen LogP contribution is -2.24. The molecule has 28 heavy (non-hydrogen) atoms. The molecule has 3 rings (SSSR count). The molecule has 0 saturated heterocycles. The summed E-state index contributed by atoms with van der Waals surface area (Å²) < 4.78 is 10.5. The lowest BCUT2D eigenvalue weighted by atomic mass is 10.1. The lowest BCUT2D eigenvalue weighted by molar-refractivity contribution is -0.139. The van der Waals surface area contributed by atoms with Gasteiger partial charge in [0, 0.05) is 0 Å². The van der Waals surface area contributed by atoms with E-state index in [2.05, 4.69) is 10.5 Å². The summed E-state index contributed by atoms with van der Waals surface area (Å²) >= 11 is 0. The fourth-order valence-electron chi connectivity index (χ4n) is 2.41. The lowest BCUT2D eigenvalue weighted by Gasteiger charge is -2.06. The van der Waals surface area contributed by atoms with E-state index in [9.17, 15) is 9.59 Å². The highest BCUT2D eigenvalue weighted by atomic mass is 16.5. The molecule has 0 saturated carbocycles. The molecule has 0 fully saturated rings. The zero-order chi connectivity index (χ0) is 19.8. The zero-order valence-corrected chi connectivity index (χ0v) is 14.9. The molecule has 0 radical (unpaired) electrons. The van der Waals surface area contributed by atoms with Gasteiger partial charge in [-0.15, -0.1) is 0 Å². The minimum atomic E-state index is -1.04. The van der Waals surface area contributed by atoms with E-state index in [4.69, 9.17) is 14.6 Å². The van der Waals surface area contributed by atoms with Crippen molar-refractivity contribution < 1.29 is 24.2 Å². The molecule has 0 aliphatic rings. The van der Waals surface area contributed by atoms with Crippen molar-refractivity contribution >= 4 is 28.9 Å². The first kappa shape index (κ1) is 18.9. The number of rotatable bonds is 8. The molecule has 0 atom stereocenters. The topological polar surface area (TPSA) is 97.2 Å². The predicted octanol–water partition coefficient (Wildman–Crippen LogP) is 2.83. The van der Waals surface area contributed by atoms with E-state index in [0.29, 0.717) is 11.5 Å². The van der Waals surface area contributed by atoms with E-state index in [-0.39, 0.29) is 12.5 Å². The third kappa shape index (κ3) is 5.57. The average molecular weight is 378 g/mol. The van der Waals surface area contributed by atoms with Crippen LogP contribution in [0, 0.1) is 0 Å². The Morgan fingerprint density at radius 1 is 0.893 bits per heavy atom. The van der Waals surface area contributed by atoms with Crippen LogP contribution in [-0.2, 0) is 9.59 Å². The van der Waals surface area contributed by atoms with Crippen molar-refractivity contribution in [3.8, 4) is 11.5 Å². The van der Waals surface area contributed by atoms with Crippen molar-refractivity contribution in [3.05, 3.63) is 72.3 Å². The molecule has 0 aromatic heterocycles. The van der Waals surface area contributed by atoms with E-state index in [1.165, 1.54) is 6.21 Å². The predicted molar refractivity (Wildman–Crippen MR) is 105 cm³/mol. The van der Waals surface area contributed by atoms with Gasteiger partial charge in [0.1, 0.15) is 11.5 Å². The highest BCUT2D eigenvalue weighted by Crippen LogP contribution is 2.20. The Labute approximate surface area is 161 Å². The van der Waals surface area contributed by atoms with Crippen LogP contribution in [-0.4, -0.2) is 36.4 Å². The van der Waals surface area contributed by atoms with Gasteiger partial charge in [0.2, 0.25) is 0 Å².